The number of benzene rings is 1. The van der Waals surface area contributed by atoms with Crippen LogP contribution in [-0.2, 0) is 17.8 Å². The maximum absolute atomic E-state index is 13.0. The fraction of sp³-hybridized carbons (Fsp3) is 0.474. The van der Waals surface area contributed by atoms with Gasteiger partial charge in [-0.25, -0.2) is 4.39 Å². The molecule has 0 unspecified atom stereocenters. The van der Waals surface area contributed by atoms with Gasteiger partial charge in [-0.2, -0.15) is 5.10 Å². The Hall–Kier alpha value is -2.21. The molecule has 1 aliphatic rings. The van der Waals surface area contributed by atoms with Crippen LogP contribution in [0.1, 0.15) is 28.9 Å². The molecule has 0 atom stereocenters. The van der Waals surface area contributed by atoms with E-state index in [2.05, 4.69) is 15.1 Å². The van der Waals surface area contributed by atoms with Gasteiger partial charge in [0, 0.05) is 44.0 Å². The monoisotopic (exact) mass is 344 g/mol. The summed E-state index contributed by atoms with van der Waals surface area (Å²) in [6.45, 7) is 7.98. The van der Waals surface area contributed by atoms with Gasteiger partial charge in [0.25, 0.3) is 0 Å². The number of hydrogen-bond donors (Lipinski definition) is 1. The molecule has 3 rings (SSSR count). The number of nitrogens with one attached hydrogen (secondary N) is 1. The molecule has 0 bridgehead atoms. The second kappa shape index (κ2) is 7.78. The lowest BCUT2D eigenvalue weighted by Gasteiger charge is -2.22. The van der Waals surface area contributed by atoms with Crippen LogP contribution in [0.25, 0.3) is 0 Å². The molecule has 0 spiro atoms. The van der Waals surface area contributed by atoms with Crippen LogP contribution in [0.4, 0.5) is 4.39 Å². The number of carbonyl (C=O) groups excluding carboxylic acids is 1. The first-order chi connectivity index (χ1) is 12.0. The minimum absolute atomic E-state index is 0.163. The van der Waals surface area contributed by atoms with Crippen molar-refractivity contribution in [2.75, 3.05) is 26.2 Å². The molecule has 2 aromatic rings. The number of aromatic nitrogens is 2. The van der Waals surface area contributed by atoms with Crippen molar-refractivity contribution >= 4 is 5.91 Å². The van der Waals surface area contributed by atoms with Crippen LogP contribution in [-0.4, -0.2) is 52.1 Å². The van der Waals surface area contributed by atoms with Crippen molar-refractivity contribution in [1.29, 1.82) is 0 Å². The lowest BCUT2D eigenvalue weighted by Crippen LogP contribution is -2.36. The van der Waals surface area contributed by atoms with E-state index in [0.29, 0.717) is 6.42 Å². The zero-order chi connectivity index (χ0) is 17.8. The van der Waals surface area contributed by atoms with Crippen LogP contribution in [0.2, 0.25) is 0 Å². The average molecular weight is 344 g/mol. The quantitative estimate of drug-likeness (QED) is 0.927. The maximum atomic E-state index is 13.0. The Bertz CT molecular complexity index is 706. The Balaban J connectivity index is 1.55. The normalized spacial score (nSPS) is 16.0. The van der Waals surface area contributed by atoms with Gasteiger partial charge in [0.05, 0.1) is 12.1 Å². The maximum Gasteiger partial charge on any atom is 0.227 e. The first-order valence-electron chi connectivity index (χ1n) is 8.78. The summed E-state index contributed by atoms with van der Waals surface area (Å²) in [6, 6.07) is 6.65. The minimum Gasteiger partial charge on any atom is -0.341 e. The predicted octanol–water partition coefficient (Wildman–Crippen LogP) is 2.44. The smallest absolute Gasteiger partial charge is 0.227 e. The summed E-state index contributed by atoms with van der Waals surface area (Å²) in [5.41, 5.74) is 3.99. The molecule has 1 aliphatic heterocycles. The number of aryl methyl sites for hydroxylation is 2. The molecule has 1 aromatic carbocycles. The third kappa shape index (κ3) is 4.45. The van der Waals surface area contributed by atoms with Crippen molar-refractivity contribution in [2.24, 2.45) is 0 Å². The van der Waals surface area contributed by atoms with Gasteiger partial charge in [0.15, 0.2) is 0 Å². The van der Waals surface area contributed by atoms with Crippen LogP contribution in [0, 0.1) is 19.7 Å². The predicted molar refractivity (Wildman–Crippen MR) is 94.6 cm³/mol. The summed E-state index contributed by atoms with van der Waals surface area (Å²) in [7, 11) is 0. The highest BCUT2D eigenvalue weighted by Crippen LogP contribution is 2.14. The highest BCUT2D eigenvalue weighted by atomic mass is 19.1. The van der Waals surface area contributed by atoms with Crippen molar-refractivity contribution in [3.8, 4) is 0 Å². The van der Waals surface area contributed by atoms with E-state index in [1.807, 2.05) is 30.9 Å². The fourth-order valence-corrected chi connectivity index (χ4v) is 3.32. The number of rotatable bonds is 4. The molecule has 0 saturated carbocycles. The number of halogens is 1. The molecule has 1 amide bonds. The highest BCUT2D eigenvalue weighted by molar-refractivity contribution is 5.79. The van der Waals surface area contributed by atoms with Crippen LogP contribution in [0.3, 0.4) is 0 Å². The SMILES string of the molecule is Cc1n[nH]c(C)c1CC(=O)N1CCCN(Cc2ccc(F)cc2)CC1. The number of carbonyl (C=O) groups is 1. The van der Waals surface area contributed by atoms with E-state index >= 15 is 0 Å². The van der Waals surface area contributed by atoms with Gasteiger partial charge >= 0.3 is 0 Å². The van der Waals surface area contributed by atoms with E-state index in [-0.39, 0.29) is 11.7 Å². The molecule has 6 heteroatoms. The largest absolute Gasteiger partial charge is 0.341 e. The second-order valence-corrected chi connectivity index (χ2v) is 6.73. The van der Waals surface area contributed by atoms with E-state index < -0.39 is 0 Å². The molecular weight excluding hydrogens is 319 g/mol. The van der Waals surface area contributed by atoms with Gasteiger partial charge in [0.1, 0.15) is 5.82 Å². The summed E-state index contributed by atoms with van der Waals surface area (Å²) in [6.07, 6.45) is 1.36. The van der Waals surface area contributed by atoms with Crippen molar-refractivity contribution in [3.05, 3.63) is 52.6 Å². The molecule has 0 aliphatic carbocycles. The van der Waals surface area contributed by atoms with E-state index in [9.17, 15) is 9.18 Å². The molecular formula is C19H25FN4O. The number of amides is 1. The molecule has 134 valence electrons. The van der Waals surface area contributed by atoms with E-state index in [1.54, 1.807) is 0 Å². The molecule has 5 nitrogen and oxygen atoms in total. The third-order valence-corrected chi connectivity index (χ3v) is 4.87. The Labute approximate surface area is 147 Å². The van der Waals surface area contributed by atoms with Crippen LogP contribution in [0.5, 0.6) is 0 Å². The van der Waals surface area contributed by atoms with Crippen molar-refractivity contribution in [3.63, 3.8) is 0 Å². The summed E-state index contributed by atoms with van der Waals surface area (Å²) in [5.74, 6) is -0.0440. The Morgan fingerprint density at radius 2 is 1.92 bits per heavy atom. The lowest BCUT2D eigenvalue weighted by molar-refractivity contribution is -0.130. The summed E-state index contributed by atoms with van der Waals surface area (Å²) in [5, 5.41) is 7.11. The van der Waals surface area contributed by atoms with E-state index in [1.165, 1.54) is 12.1 Å². The lowest BCUT2D eigenvalue weighted by atomic mass is 10.1. The molecule has 1 N–H and O–H groups in total. The van der Waals surface area contributed by atoms with Crippen molar-refractivity contribution in [2.45, 2.75) is 33.2 Å². The topological polar surface area (TPSA) is 52.2 Å². The molecule has 25 heavy (non-hydrogen) atoms. The van der Waals surface area contributed by atoms with Crippen LogP contribution < -0.4 is 0 Å². The third-order valence-electron chi connectivity index (χ3n) is 4.87. The average Bonchev–Trinajstić information content (AvgIpc) is 2.79. The van der Waals surface area contributed by atoms with Crippen LogP contribution in [0.15, 0.2) is 24.3 Å². The Kier molecular flexibility index (Phi) is 5.48. The molecule has 1 saturated heterocycles. The van der Waals surface area contributed by atoms with Gasteiger partial charge in [-0.05, 0) is 38.0 Å². The summed E-state index contributed by atoms with van der Waals surface area (Å²) >= 11 is 0. The van der Waals surface area contributed by atoms with E-state index in [4.69, 9.17) is 0 Å². The van der Waals surface area contributed by atoms with Crippen molar-refractivity contribution in [1.82, 2.24) is 20.0 Å². The number of H-pyrrole nitrogens is 1. The van der Waals surface area contributed by atoms with Gasteiger partial charge in [-0.1, -0.05) is 12.1 Å². The molecule has 2 heterocycles. The molecule has 1 aromatic heterocycles. The van der Waals surface area contributed by atoms with Gasteiger partial charge in [-0.15, -0.1) is 0 Å². The minimum atomic E-state index is -0.207. The first kappa shape index (κ1) is 17.6. The summed E-state index contributed by atoms with van der Waals surface area (Å²) < 4.78 is 13.0. The standard InChI is InChI=1S/C19H25FN4O/c1-14-18(15(2)22-21-14)12-19(25)24-9-3-8-23(10-11-24)13-16-4-6-17(20)7-5-16/h4-7H,3,8-13H2,1-2H3,(H,21,22). The Morgan fingerprint density at radius 3 is 2.60 bits per heavy atom. The molecule has 1 fully saturated rings. The second-order valence-electron chi connectivity index (χ2n) is 6.73. The van der Waals surface area contributed by atoms with Gasteiger partial charge in [-0.3, -0.25) is 14.8 Å². The first-order valence-corrected chi connectivity index (χ1v) is 8.78. The highest BCUT2D eigenvalue weighted by Gasteiger charge is 2.21. The van der Waals surface area contributed by atoms with Crippen LogP contribution >= 0.6 is 0 Å². The molecule has 0 radical (unpaired) electrons. The summed E-state index contributed by atoms with van der Waals surface area (Å²) in [4.78, 5) is 16.9. The number of aromatic amines is 1. The van der Waals surface area contributed by atoms with Gasteiger partial charge in [0.2, 0.25) is 5.91 Å². The van der Waals surface area contributed by atoms with Gasteiger partial charge < -0.3 is 4.90 Å². The number of nitrogens with zero attached hydrogens (tertiary/aromatic N) is 3. The Morgan fingerprint density at radius 1 is 1.16 bits per heavy atom. The number of hydrogen-bond acceptors (Lipinski definition) is 3. The zero-order valence-corrected chi connectivity index (χ0v) is 14.9. The zero-order valence-electron chi connectivity index (χ0n) is 14.9. The fourth-order valence-electron chi connectivity index (χ4n) is 3.32. The van der Waals surface area contributed by atoms with Crippen molar-refractivity contribution < 1.29 is 9.18 Å². The van der Waals surface area contributed by atoms with E-state index in [0.717, 1.165) is 61.7 Å².